The van der Waals surface area contributed by atoms with Crippen molar-refractivity contribution in [3.63, 3.8) is 0 Å². The molecule has 1 aliphatic heterocycles. The molecule has 4 nitrogen and oxygen atoms in total. The minimum atomic E-state index is 0.531. The Labute approximate surface area is 156 Å². The molecule has 0 unspecified atom stereocenters. The Balaban J connectivity index is 1.80. The molecule has 0 spiro atoms. The number of nitrogens with zero attached hydrogens (tertiary/aromatic N) is 3. The smallest absolute Gasteiger partial charge is 0.133 e. The molecule has 0 aliphatic carbocycles. The summed E-state index contributed by atoms with van der Waals surface area (Å²) >= 11 is 12.3. The molecule has 3 heterocycles. The van der Waals surface area contributed by atoms with Crippen LogP contribution in [0.2, 0.25) is 10.0 Å². The first kappa shape index (κ1) is 16.4. The Morgan fingerprint density at radius 1 is 1.08 bits per heavy atom. The van der Waals surface area contributed by atoms with E-state index in [2.05, 4.69) is 10.3 Å². The van der Waals surface area contributed by atoms with E-state index in [-0.39, 0.29) is 0 Å². The predicted molar refractivity (Wildman–Crippen MR) is 102 cm³/mol. The lowest BCUT2D eigenvalue weighted by Crippen LogP contribution is -2.07. The average molecular weight is 373 g/mol. The molecule has 6 heteroatoms. The maximum Gasteiger partial charge on any atom is 0.133 e. The quantitative estimate of drug-likeness (QED) is 0.709. The first-order valence-corrected chi connectivity index (χ1v) is 9.18. The van der Waals surface area contributed by atoms with Gasteiger partial charge in [0.25, 0.3) is 0 Å². The zero-order valence-corrected chi connectivity index (χ0v) is 15.2. The first-order valence-electron chi connectivity index (χ1n) is 8.42. The van der Waals surface area contributed by atoms with Crippen molar-refractivity contribution in [3.05, 3.63) is 69.6 Å². The Bertz CT molecular complexity index is 890. The highest BCUT2D eigenvalue weighted by Crippen LogP contribution is 2.31. The summed E-state index contributed by atoms with van der Waals surface area (Å²) in [4.78, 5) is 4.45. The zero-order valence-electron chi connectivity index (χ0n) is 13.7. The van der Waals surface area contributed by atoms with E-state index in [0.29, 0.717) is 10.0 Å². The minimum Gasteiger partial charge on any atom is -0.370 e. The van der Waals surface area contributed by atoms with Gasteiger partial charge in [-0.15, -0.1) is 0 Å². The van der Waals surface area contributed by atoms with Gasteiger partial charge < -0.3 is 5.32 Å². The molecule has 0 radical (unpaired) electrons. The Kier molecular flexibility index (Phi) is 4.64. The van der Waals surface area contributed by atoms with Crippen LogP contribution in [0, 0.1) is 0 Å². The summed E-state index contributed by atoms with van der Waals surface area (Å²) in [5.74, 6) is 1.06. The van der Waals surface area contributed by atoms with E-state index in [1.807, 2.05) is 47.3 Å². The number of benzene rings is 1. The number of nitrogens with one attached hydrogen (secondary N) is 1. The number of aromatic nitrogens is 3. The summed E-state index contributed by atoms with van der Waals surface area (Å²) in [6, 6.07) is 11.6. The van der Waals surface area contributed by atoms with E-state index in [0.717, 1.165) is 55.1 Å². The van der Waals surface area contributed by atoms with E-state index in [1.54, 1.807) is 0 Å². The minimum absolute atomic E-state index is 0.531. The topological polar surface area (TPSA) is 42.7 Å². The van der Waals surface area contributed by atoms with Gasteiger partial charge in [-0.25, -0.2) is 4.68 Å². The van der Waals surface area contributed by atoms with Gasteiger partial charge in [0.15, 0.2) is 0 Å². The third-order valence-electron chi connectivity index (χ3n) is 4.44. The van der Waals surface area contributed by atoms with Crippen LogP contribution in [0.15, 0.2) is 42.6 Å². The second kappa shape index (κ2) is 7.06. The van der Waals surface area contributed by atoms with E-state index in [9.17, 15) is 0 Å². The summed E-state index contributed by atoms with van der Waals surface area (Å²) in [6.45, 7) is 0.947. The van der Waals surface area contributed by atoms with E-state index in [1.165, 1.54) is 5.56 Å². The van der Waals surface area contributed by atoms with Crippen LogP contribution >= 0.6 is 23.2 Å². The first-order chi connectivity index (χ1) is 12.2. The van der Waals surface area contributed by atoms with Crippen molar-refractivity contribution in [1.82, 2.24) is 14.8 Å². The fourth-order valence-corrected chi connectivity index (χ4v) is 3.49. The monoisotopic (exact) mass is 372 g/mol. The van der Waals surface area contributed by atoms with Crippen molar-refractivity contribution in [2.75, 3.05) is 11.9 Å². The number of hydrogen-bond acceptors (Lipinski definition) is 3. The Morgan fingerprint density at radius 3 is 2.80 bits per heavy atom. The molecule has 1 aliphatic rings. The van der Waals surface area contributed by atoms with Gasteiger partial charge in [0, 0.05) is 30.4 Å². The second-order valence-electron chi connectivity index (χ2n) is 6.17. The van der Waals surface area contributed by atoms with Gasteiger partial charge in [0.05, 0.1) is 21.4 Å². The third kappa shape index (κ3) is 3.37. The van der Waals surface area contributed by atoms with Gasteiger partial charge >= 0.3 is 0 Å². The highest BCUT2D eigenvalue weighted by Gasteiger charge is 2.21. The Hall–Kier alpha value is -2.04. The van der Waals surface area contributed by atoms with E-state index < -0.39 is 0 Å². The predicted octanol–water partition coefficient (Wildman–Crippen LogP) is 4.91. The Morgan fingerprint density at radius 2 is 2.00 bits per heavy atom. The van der Waals surface area contributed by atoms with Crippen LogP contribution in [-0.4, -0.2) is 21.3 Å². The van der Waals surface area contributed by atoms with E-state index in [4.69, 9.17) is 28.3 Å². The molecule has 4 rings (SSSR count). The summed E-state index contributed by atoms with van der Waals surface area (Å²) in [6.07, 6.45) is 5.87. The normalized spacial score (nSPS) is 13.8. The standard InChI is InChI=1S/C19H18Cl2N4/c20-16-8-7-14(12-17(16)21)25-19-15(6-2-4-10-23-19)18(24-25)11-13-5-1-3-9-22-13/h1,3,5,7-9,12,23H,2,4,6,10-11H2. The van der Waals surface area contributed by atoms with Gasteiger partial charge in [0.2, 0.25) is 0 Å². The van der Waals surface area contributed by atoms with Crippen LogP contribution in [0.25, 0.3) is 5.69 Å². The maximum absolute atomic E-state index is 6.21. The van der Waals surface area contributed by atoms with Gasteiger partial charge in [0.1, 0.15) is 5.82 Å². The molecule has 0 bridgehead atoms. The highest BCUT2D eigenvalue weighted by molar-refractivity contribution is 6.42. The molecule has 1 N–H and O–H groups in total. The summed E-state index contributed by atoms with van der Waals surface area (Å²) in [5, 5.41) is 9.50. The largest absolute Gasteiger partial charge is 0.370 e. The van der Waals surface area contributed by atoms with Gasteiger partial charge in [-0.2, -0.15) is 5.10 Å². The lowest BCUT2D eigenvalue weighted by Gasteiger charge is -2.10. The zero-order chi connectivity index (χ0) is 17.2. The summed E-state index contributed by atoms with van der Waals surface area (Å²) < 4.78 is 1.95. The fraction of sp³-hybridized carbons (Fsp3) is 0.263. The molecule has 0 saturated carbocycles. The number of halogens is 2. The summed E-state index contributed by atoms with van der Waals surface area (Å²) in [5.41, 5.74) is 4.27. The van der Waals surface area contributed by atoms with Crippen molar-refractivity contribution >= 4 is 29.0 Å². The molecule has 25 heavy (non-hydrogen) atoms. The van der Waals surface area contributed by atoms with Gasteiger partial charge in [-0.3, -0.25) is 4.98 Å². The molecule has 0 atom stereocenters. The third-order valence-corrected chi connectivity index (χ3v) is 5.17. The number of hydrogen-bond donors (Lipinski definition) is 1. The fourth-order valence-electron chi connectivity index (χ4n) is 3.19. The van der Waals surface area contributed by atoms with Crippen LogP contribution < -0.4 is 5.32 Å². The molecule has 0 saturated heterocycles. The van der Waals surface area contributed by atoms with Crippen LogP contribution in [0.1, 0.15) is 29.8 Å². The highest BCUT2D eigenvalue weighted by atomic mass is 35.5. The number of fused-ring (bicyclic) bond motifs is 1. The van der Waals surface area contributed by atoms with Crippen molar-refractivity contribution in [2.24, 2.45) is 0 Å². The van der Waals surface area contributed by atoms with Gasteiger partial charge in [-0.1, -0.05) is 29.3 Å². The average Bonchev–Trinajstić information content (AvgIpc) is 2.81. The van der Waals surface area contributed by atoms with Crippen molar-refractivity contribution in [1.29, 1.82) is 0 Å². The molecular weight excluding hydrogens is 355 g/mol. The maximum atomic E-state index is 6.21. The molecule has 1 aromatic carbocycles. The SMILES string of the molecule is Clc1ccc(-n2nc(Cc3ccccn3)c3c2NCCCC3)cc1Cl. The number of anilines is 1. The molecule has 2 aromatic heterocycles. The summed E-state index contributed by atoms with van der Waals surface area (Å²) in [7, 11) is 0. The number of rotatable bonds is 3. The number of pyridine rings is 1. The lowest BCUT2D eigenvalue weighted by atomic mass is 10.1. The van der Waals surface area contributed by atoms with Crippen molar-refractivity contribution in [2.45, 2.75) is 25.7 Å². The van der Waals surface area contributed by atoms with Crippen molar-refractivity contribution in [3.8, 4) is 5.69 Å². The van der Waals surface area contributed by atoms with Crippen LogP contribution in [0.3, 0.4) is 0 Å². The molecule has 0 amide bonds. The lowest BCUT2D eigenvalue weighted by molar-refractivity contribution is 0.766. The van der Waals surface area contributed by atoms with Crippen LogP contribution in [0.4, 0.5) is 5.82 Å². The molecule has 128 valence electrons. The van der Waals surface area contributed by atoms with Gasteiger partial charge in [-0.05, 0) is 49.6 Å². The molecule has 0 fully saturated rings. The molecular formula is C19H18Cl2N4. The van der Waals surface area contributed by atoms with Crippen molar-refractivity contribution < 1.29 is 0 Å². The van der Waals surface area contributed by atoms with Crippen LogP contribution in [0.5, 0.6) is 0 Å². The van der Waals surface area contributed by atoms with E-state index >= 15 is 0 Å². The second-order valence-corrected chi connectivity index (χ2v) is 6.98. The molecule has 3 aromatic rings. The van der Waals surface area contributed by atoms with Crippen LogP contribution in [-0.2, 0) is 12.8 Å².